The Morgan fingerprint density at radius 1 is 1.05 bits per heavy atom. The van der Waals surface area contributed by atoms with Crippen LogP contribution in [-0.2, 0) is 0 Å². The summed E-state index contributed by atoms with van der Waals surface area (Å²) in [6.07, 6.45) is 10.9. The zero-order valence-corrected chi connectivity index (χ0v) is 12.8. The number of rotatable bonds is 5. The van der Waals surface area contributed by atoms with Crippen molar-refractivity contribution in [1.82, 2.24) is 5.32 Å². The Bertz CT molecular complexity index is 276. The maximum Gasteiger partial charge on any atom is 0.0471 e. The molecule has 0 amide bonds. The molecule has 2 atom stereocenters. The van der Waals surface area contributed by atoms with Crippen LogP contribution in [0.5, 0.6) is 0 Å². The van der Waals surface area contributed by atoms with Crippen LogP contribution in [0.25, 0.3) is 0 Å². The van der Waals surface area contributed by atoms with Gasteiger partial charge in [0, 0.05) is 24.7 Å². The van der Waals surface area contributed by atoms with Crippen LogP contribution in [0.3, 0.4) is 0 Å². The molecule has 0 aliphatic heterocycles. The Labute approximate surface area is 118 Å². The van der Waals surface area contributed by atoms with E-state index in [0.717, 1.165) is 6.54 Å². The van der Waals surface area contributed by atoms with Crippen molar-refractivity contribution in [2.75, 3.05) is 13.2 Å². The molecule has 1 spiro atoms. The van der Waals surface area contributed by atoms with Crippen LogP contribution >= 0.6 is 0 Å². The topological polar surface area (TPSA) is 58.3 Å². The second-order valence-corrected chi connectivity index (χ2v) is 7.28. The van der Waals surface area contributed by atoms with Crippen molar-refractivity contribution in [3.8, 4) is 0 Å². The third-order valence-electron chi connectivity index (χ3n) is 6.00. The lowest BCUT2D eigenvalue weighted by atomic mass is 9.66. The number of nitrogens with two attached hydrogens (primary N) is 1. The fraction of sp³-hybridized carbons (Fsp3) is 1.00. The standard InChI is InChI=1S/C16H32N2O/c1-13(11-19)14(2)18-16(12-17)9-7-15(8-10-16)5-3-4-6-15/h13-14,18-19H,3-12,17H2,1-2H3. The molecule has 2 aliphatic carbocycles. The van der Waals surface area contributed by atoms with Gasteiger partial charge in [0.2, 0.25) is 0 Å². The first-order valence-electron chi connectivity index (χ1n) is 8.13. The molecular formula is C16H32N2O. The van der Waals surface area contributed by atoms with E-state index >= 15 is 0 Å². The summed E-state index contributed by atoms with van der Waals surface area (Å²) in [5, 5.41) is 13.0. The van der Waals surface area contributed by atoms with Crippen LogP contribution in [0, 0.1) is 11.3 Å². The second kappa shape index (κ2) is 6.11. The average molecular weight is 268 g/mol. The van der Waals surface area contributed by atoms with Gasteiger partial charge in [0.05, 0.1) is 0 Å². The van der Waals surface area contributed by atoms with E-state index in [1.807, 2.05) is 0 Å². The fourth-order valence-electron chi connectivity index (χ4n) is 4.07. The van der Waals surface area contributed by atoms with Crippen molar-refractivity contribution < 1.29 is 5.11 Å². The lowest BCUT2D eigenvalue weighted by Gasteiger charge is -2.47. The first-order valence-corrected chi connectivity index (χ1v) is 8.13. The van der Waals surface area contributed by atoms with E-state index in [4.69, 9.17) is 5.73 Å². The fourth-order valence-corrected chi connectivity index (χ4v) is 4.07. The third kappa shape index (κ3) is 3.32. The zero-order valence-electron chi connectivity index (χ0n) is 12.8. The molecule has 0 aromatic carbocycles. The molecule has 3 heteroatoms. The zero-order chi connectivity index (χ0) is 13.9. The van der Waals surface area contributed by atoms with Gasteiger partial charge in [0.15, 0.2) is 0 Å². The number of hydrogen-bond donors (Lipinski definition) is 3. The highest BCUT2D eigenvalue weighted by Gasteiger charge is 2.43. The molecule has 0 heterocycles. The molecule has 2 rings (SSSR count). The summed E-state index contributed by atoms with van der Waals surface area (Å²) in [4.78, 5) is 0. The molecule has 2 saturated carbocycles. The summed E-state index contributed by atoms with van der Waals surface area (Å²) in [5.74, 6) is 0.297. The van der Waals surface area contributed by atoms with Crippen LogP contribution in [0.2, 0.25) is 0 Å². The molecule has 4 N–H and O–H groups in total. The van der Waals surface area contributed by atoms with E-state index in [0.29, 0.717) is 17.4 Å². The largest absolute Gasteiger partial charge is 0.396 e. The smallest absolute Gasteiger partial charge is 0.0471 e. The van der Waals surface area contributed by atoms with Crippen LogP contribution in [0.1, 0.15) is 65.2 Å². The Balaban J connectivity index is 1.93. The quantitative estimate of drug-likeness (QED) is 0.718. The Hall–Kier alpha value is -0.120. The molecule has 0 radical (unpaired) electrons. The molecular weight excluding hydrogens is 236 g/mol. The highest BCUT2D eigenvalue weighted by atomic mass is 16.3. The van der Waals surface area contributed by atoms with E-state index in [-0.39, 0.29) is 12.1 Å². The number of aliphatic hydroxyl groups is 1. The van der Waals surface area contributed by atoms with Crippen molar-refractivity contribution in [2.24, 2.45) is 17.1 Å². The molecule has 112 valence electrons. The van der Waals surface area contributed by atoms with Gasteiger partial charge in [-0.3, -0.25) is 0 Å². The van der Waals surface area contributed by atoms with E-state index in [2.05, 4.69) is 19.2 Å². The summed E-state index contributed by atoms with van der Waals surface area (Å²) < 4.78 is 0. The van der Waals surface area contributed by atoms with E-state index in [1.165, 1.54) is 51.4 Å². The molecule has 19 heavy (non-hydrogen) atoms. The van der Waals surface area contributed by atoms with E-state index in [1.54, 1.807) is 0 Å². The minimum absolute atomic E-state index is 0.122. The van der Waals surface area contributed by atoms with Crippen LogP contribution in [0.4, 0.5) is 0 Å². The molecule has 3 nitrogen and oxygen atoms in total. The van der Waals surface area contributed by atoms with Gasteiger partial charge in [-0.2, -0.15) is 0 Å². The molecule has 0 bridgehead atoms. The van der Waals surface area contributed by atoms with Gasteiger partial charge in [0.25, 0.3) is 0 Å². The molecule has 2 aliphatic rings. The Morgan fingerprint density at radius 2 is 1.63 bits per heavy atom. The lowest BCUT2D eigenvalue weighted by Crippen LogP contribution is -2.58. The van der Waals surface area contributed by atoms with Gasteiger partial charge < -0.3 is 16.2 Å². The minimum atomic E-state index is 0.122. The molecule has 2 fully saturated rings. The predicted molar refractivity (Wildman–Crippen MR) is 80.0 cm³/mol. The Kier molecular flexibility index (Phi) is 4.91. The summed E-state index contributed by atoms with van der Waals surface area (Å²) in [6.45, 7) is 5.26. The van der Waals surface area contributed by atoms with Crippen molar-refractivity contribution in [1.29, 1.82) is 0 Å². The van der Waals surface area contributed by atoms with Crippen LogP contribution < -0.4 is 11.1 Å². The maximum absolute atomic E-state index is 9.29. The molecule has 0 saturated heterocycles. The minimum Gasteiger partial charge on any atom is -0.396 e. The lowest BCUT2D eigenvalue weighted by molar-refractivity contribution is 0.0936. The van der Waals surface area contributed by atoms with Crippen LogP contribution in [0.15, 0.2) is 0 Å². The van der Waals surface area contributed by atoms with Crippen molar-refractivity contribution >= 4 is 0 Å². The van der Waals surface area contributed by atoms with Crippen LogP contribution in [-0.4, -0.2) is 29.8 Å². The van der Waals surface area contributed by atoms with Crippen molar-refractivity contribution in [2.45, 2.75) is 76.8 Å². The summed E-state index contributed by atoms with van der Waals surface area (Å²) in [5.41, 5.74) is 6.87. The van der Waals surface area contributed by atoms with Gasteiger partial charge >= 0.3 is 0 Å². The van der Waals surface area contributed by atoms with E-state index < -0.39 is 0 Å². The molecule has 0 aromatic heterocycles. The highest BCUT2D eigenvalue weighted by molar-refractivity contribution is 5.01. The molecule has 2 unspecified atom stereocenters. The average Bonchev–Trinajstić information content (AvgIpc) is 2.89. The van der Waals surface area contributed by atoms with Gasteiger partial charge in [-0.15, -0.1) is 0 Å². The third-order valence-corrected chi connectivity index (χ3v) is 6.00. The summed E-state index contributed by atoms with van der Waals surface area (Å²) in [7, 11) is 0. The van der Waals surface area contributed by atoms with Gasteiger partial charge in [-0.1, -0.05) is 19.8 Å². The Morgan fingerprint density at radius 3 is 2.11 bits per heavy atom. The van der Waals surface area contributed by atoms with Crippen molar-refractivity contribution in [3.63, 3.8) is 0 Å². The maximum atomic E-state index is 9.29. The highest BCUT2D eigenvalue weighted by Crippen LogP contribution is 2.51. The second-order valence-electron chi connectivity index (χ2n) is 7.28. The first kappa shape index (κ1) is 15.3. The number of aliphatic hydroxyl groups excluding tert-OH is 1. The van der Waals surface area contributed by atoms with E-state index in [9.17, 15) is 5.11 Å². The summed E-state index contributed by atoms with van der Waals surface area (Å²) in [6, 6.07) is 0.339. The number of nitrogens with one attached hydrogen (secondary N) is 1. The predicted octanol–water partition coefficient (Wildman–Crippen LogP) is 2.42. The SMILES string of the molecule is CC(CO)C(C)NC1(CN)CCC2(CCCC2)CC1. The van der Waals surface area contributed by atoms with Gasteiger partial charge in [-0.05, 0) is 56.8 Å². The normalized spacial score (nSPS) is 28.4. The first-order chi connectivity index (χ1) is 9.05. The molecule has 0 aromatic rings. The number of hydrogen-bond acceptors (Lipinski definition) is 3. The van der Waals surface area contributed by atoms with Crippen molar-refractivity contribution in [3.05, 3.63) is 0 Å². The van der Waals surface area contributed by atoms with Gasteiger partial charge in [0.1, 0.15) is 0 Å². The summed E-state index contributed by atoms with van der Waals surface area (Å²) >= 11 is 0. The van der Waals surface area contributed by atoms with Gasteiger partial charge in [-0.25, -0.2) is 0 Å². The monoisotopic (exact) mass is 268 g/mol.